The lowest BCUT2D eigenvalue weighted by Gasteiger charge is -2.25. The zero-order chi connectivity index (χ0) is 13.0. The highest BCUT2D eigenvalue weighted by molar-refractivity contribution is 14.1. The number of halogens is 1. The van der Waals surface area contributed by atoms with E-state index in [1.165, 1.54) is 6.07 Å². The molecule has 1 aromatic rings. The second kappa shape index (κ2) is 5.82. The van der Waals surface area contributed by atoms with Crippen molar-refractivity contribution >= 4 is 34.0 Å². The van der Waals surface area contributed by atoms with Gasteiger partial charge >= 0.3 is 0 Å². The highest BCUT2D eigenvalue weighted by Crippen LogP contribution is 2.26. The van der Waals surface area contributed by atoms with E-state index in [9.17, 15) is 10.1 Å². The number of nitrogens with zero attached hydrogens (tertiary/aromatic N) is 3. The Morgan fingerprint density at radius 2 is 2.29 bits per heavy atom. The predicted molar refractivity (Wildman–Crippen MR) is 73.9 cm³/mol. The number of nitriles is 1. The number of anilines is 1. The second-order valence-electron chi connectivity index (χ2n) is 3.71. The van der Waals surface area contributed by atoms with Gasteiger partial charge in [-0.25, -0.2) is 0 Å². The molecule has 1 atom stereocenters. The SMILES string of the molecule is CC(CC#N)N(C)c1ccc([N+](=O)[O-])c(I)c1. The maximum Gasteiger partial charge on any atom is 0.282 e. The van der Waals surface area contributed by atoms with Crippen LogP contribution < -0.4 is 4.90 Å². The largest absolute Gasteiger partial charge is 0.371 e. The summed E-state index contributed by atoms with van der Waals surface area (Å²) < 4.78 is 0.598. The first-order valence-corrected chi connectivity index (χ1v) is 6.09. The van der Waals surface area contributed by atoms with Crippen molar-refractivity contribution in [3.8, 4) is 6.07 Å². The molecule has 0 aromatic heterocycles. The third-order valence-electron chi connectivity index (χ3n) is 2.58. The van der Waals surface area contributed by atoms with Gasteiger partial charge in [0.1, 0.15) is 0 Å². The second-order valence-corrected chi connectivity index (χ2v) is 4.88. The van der Waals surface area contributed by atoms with Crippen molar-refractivity contribution in [1.82, 2.24) is 0 Å². The summed E-state index contributed by atoms with van der Waals surface area (Å²) in [7, 11) is 1.87. The van der Waals surface area contributed by atoms with Crippen molar-refractivity contribution in [2.45, 2.75) is 19.4 Å². The van der Waals surface area contributed by atoms with Crippen LogP contribution in [0, 0.1) is 25.0 Å². The molecule has 0 fully saturated rings. The molecule has 0 aliphatic rings. The van der Waals surface area contributed by atoms with E-state index in [2.05, 4.69) is 6.07 Å². The van der Waals surface area contributed by atoms with Crippen molar-refractivity contribution in [2.24, 2.45) is 0 Å². The fourth-order valence-corrected chi connectivity index (χ4v) is 2.08. The van der Waals surface area contributed by atoms with Crippen LogP contribution in [0.4, 0.5) is 11.4 Å². The lowest BCUT2D eigenvalue weighted by Crippen LogP contribution is -2.28. The zero-order valence-corrected chi connectivity index (χ0v) is 11.7. The Morgan fingerprint density at radius 1 is 1.65 bits per heavy atom. The van der Waals surface area contributed by atoms with Crippen molar-refractivity contribution in [3.05, 3.63) is 31.9 Å². The lowest BCUT2D eigenvalue weighted by molar-refractivity contribution is -0.385. The van der Waals surface area contributed by atoms with Gasteiger partial charge in [0.2, 0.25) is 0 Å². The summed E-state index contributed by atoms with van der Waals surface area (Å²) in [5.41, 5.74) is 0.985. The first-order valence-electron chi connectivity index (χ1n) is 5.01. The maximum atomic E-state index is 10.7. The first kappa shape index (κ1) is 13.7. The average Bonchev–Trinajstić information content (AvgIpc) is 2.27. The van der Waals surface area contributed by atoms with E-state index in [-0.39, 0.29) is 11.7 Å². The minimum Gasteiger partial charge on any atom is -0.371 e. The number of benzene rings is 1. The lowest BCUT2D eigenvalue weighted by atomic mass is 10.2. The Bertz CT molecular complexity index is 470. The van der Waals surface area contributed by atoms with Crippen LogP contribution in [0.25, 0.3) is 0 Å². The minimum absolute atomic E-state index is 0.0808. The van der Waals surface area contributed by atoms with Gasteiger partial charge in [0.25, 0.3) is 5.69 Å². The van der Waals surface area contributed by atoms with Crippen LogP contribution in [0.1, 0.15) is 13.3 Å². The van der Waals surface area contributed by atoms with Crippen LogP contribution in [-0.4, -0.2) is 18.0 Å². The molecule has 1 aromatic carbocycles. The molecule has 90 valence electrons. The van der Waals surface area contributed by atoms with Crippen LogP contribution in [0.2, 0.25) is 0 Å². The van der Waals surface area contributed by atoms with Crippen LogP contribution in [0.15, 0.2) is 18.2 Å². The number of nitro benzene ring substituents is 1. The van der Waals surface area contributed by atoms with Gasteiger partial charge in [-0.2, -0.15) is 5.26 Å². The van der Waals surface area contributed by atoms with Crippen LogP contribution in [0.3, 0.4) is 0 Å². The molecular weight excluding hydrogens is 333 g/mol. The van der Waals surface area contributed by atoms with E-state index < -0.39 is 4.92 Å². The van der Waals surface area contributed by atoms with Crippen LogP contribution in [-0.2, 0) is 0 Å². The number of hydrogen-bond donors (Lipinski definition) is 0. The molecule has 0 amide bonds. The van der Waals surface area contributed by atoms with E-state index in [4.69, 9.17) is 5.26 Å². The summed E-state index contributed by atoms with van der Waals surface area (Å²) >= 11 is 1.95. The van der Waals surface area contributed by atoms with Crippen LogP contribution >= 0.6 is 22.6 Å². The van der Waals surface area contributed by atoms with Gasteiger partial charge in [-0.3, -0.25) is 10.1 Å². The molecule has 0 aliphatic heterocycles. The maximum absolute atomic E-state index is 10.7. The smallest absolute Gasteiger partial charge is 0.282 e. The molecule has 5 nitrogen and oxygen atoms in total. The third-order valence-corrected chi connectivity index (χ3v) is 3.45. The minimum atomic E-state index is -0.399. The molecule has 0 heterocycles. The summed E-state index contributed by atoms with van der Waals surface area (Å²) in [5, 5.41) is 19.3. The van der Waals surface area contributed by atoms with E-state index >= 15 is 0 Å². The van der Waals surface area contributed by atoms with Gasteiger partial charge < -0.3 is 4.90 Å². The summed E-state index contributed by atoms with van der Waals surface area (Å²) in [4.78, 5) is 12.2. The predicted octanol–water partition coefficient (Wildman–Crippen LogP) is 2.94. The Morgan fingerprint density at radius 3 is 2.76 bits per heavy atom. The quantitative estimate of drug-likeness (QED) is 0.478. The van der Waals surface area contributed by atoms with Crippen molar-refractivity contribution in [1.29, 1.82) is 5.26 Å². The topological polar surface area (TPSA) is 70.2 Å². The van der Waals surface area contributed by atoms with Crippen molar-refractivity contribution < 1.29 is 4.92 Å². The molecule has 0 bridgehead atoms. The normalized spacial score (nSPS) is 11.6. The fraction of sp³-hybridized carbons (Fsp3) is 0.364. The van der Waals surface area contributed by atoms with Gasteiger partial charge in [-0.05, 0) is 41.6 Å². The van der Waals surface area contributed by atoms with E-state index in [0.29, 0.717) is 9.99 Å². The number of nitro groups is 1. The molecule has 0 N–H and O–H groups in total. The van der Waals surface area contributed by atoms with Gasteiger partial charge in [0.15, 0.2) is 0 Å². The van der Waals surface area contributed by atoms with Crippen molar-refractivity contribution in [2.75, 3.05) is 11.9 Å². The number of rotatable bonds is 4. The molecule has 0 saturated carbocycles. The number of hydrogen-bond acceptors (Lipinski definition) is 4. The van der Waals surface area contributed by atoms with Gasteiger partial charge in [0.05, 0.1) is 21.0 Å². The summed E-state index contributed by atoms with van der Waals surface area (Å²) in [6, 6.07) is 7.14. The molecule has 0 saturated heterocycles. The van der Waals surface area contributed by atoms with Crippen molar-refractivity contribution in [3.63, 3.8) is 0 Å². The summed E-state index contributed by atoms with van der Waals surface area (Å²) in [5.74, 6) is 0. The fourth-order valence-electron chi connectivity index (χ4n) is 1.39. The molecule has 0 radical (unpaired) electrons. The van der Waals surface area contributed by atoms with Gasteiger partial charge in [-0.15, -0.1) is 0 Å². The molecule has 0 aliphatic carbocycles. The highest BCUT2D eigenvalue weighted by atomic mass is 127. The Hall–Kier alpha value is -1.36. The average molecular weight is 345 g/mol. The third kappa shape index (κ3) is 3.30. The Labute approximate surface area is 113 Å². The van der Waals surface area contributed by atoms with Gasteiger partial charge in [-0.1, -0.05) is 0 Å². The monoisotopic (exact) mass is 345 g/mol. The Kier molecular flexibility index (Phi) is 4.69. The summed E-state index contributed by atoms with van der Waals surface area (Å²) in [6.07, 6.45) is 0.421. The molecule has 1 rings (SSSR count). The Balaban J connectivity index is 2.98. The molecular formula is C11H12IN3O2. The first-order chi connectivity index (χ1) is 7.97. The van der Waals surface area contributed by atoms with E-state index in [1.54, 1.807) is 12.1 Å². The highest BCUT2D eigenvalue weighted by Gasteiger charge is 2.15. The van der Waals surface area contributed by atoms with E-state index in [1.807, 2.05) is 41.5 Å². The van der Waals surface area contributed by atoms with Crippen LogP contribution in [0.5, 0.6) is 0 Å². The molecule has 17 heavy (non-hydrogen) atoms. The molecule has 1 unspecified atom stereocenters. The summed E-state index contributed by atoms with van der Waals surface area (Å²) in [6.45, 7) is 1.94. The molecule has 6 heteroatoms. The zero-order valence-electron chi connectivity index (χ0n) is 9.55. The van der Waals surface area contributed by atoms with Gasteiger partial charge in [0, 0.05) is 24.8 Å². The standard InChI is InChI=1S/C11H12IN3O2/c1-8(5-6-13)14(2)9-3-4-11(15(16)17)10(12)7-9/h3-4,7-8H,5H2,1-2H3. The molecule has 0 spiro atoms. The van der Waals surface area contributed by atoms with E-state index in [0.717, 1.165) is 5.69 Å².